The van der Waals surface area contributed by atoms with Gasteiger partial charge in [-0.1, -0.05) is 6.07 Å². The third-order valence-electron chi connectivity index (χ3n) is 5.23. The van der Waals surface area contributed by atoms with Gasteiger partial charge in [-0.2, -0.15) is 0 Å². The molecule has 2 N–H and O–H groups in total. The van der Waals surface area contributed by atoms with Crippen LogP contribution in [-0.2, 0) is 6.42 Å². The molecule has 2 bridgehead atoms. The van der Waals surface area contributed by atoms with E-state index in [0.717, 1.165) is 25.4 Å². The van der Waals surface area contributed by atoms with Gasteiger partial charge in [0.05, 0.1) is 0 Å². The molecule has 0 aliphatic carbocycles. The summed E-state index contributed by atoms with van der Waals surface area (Å²) in [6.45, 7) is 5.67. The summed E-state index contributed by atoms with van der Waals surface area (Å²) in [7, 11) is 2.28. The maximum absolute atomic E-state index is 6.21. The zero-order valence-electron chi connectivity index (χ0n) is 11.8. The van der Waals surface area contributed by atoms with Crippen LogP contribution in [-0.4, -0.2) is 55.1 Å². The number of likely N-dealkylation sites (N-methyl/N-ethyl adjacent to an activating group) is 1. The molecule has 1 atom stereocenters. The minimum Gasteiger partial charge on any atom is -0.329 e. The topological polar surface area (TPSA) is 32.5 Å². The Kier molecular flexibility index (Phi) is 3.94. The Hall–Kier alpha value is -0.420. The highest BCUT2D eigenvalue weighted by Crippen LogP contribution is 2.38. The van der Waals surface area contributed by atoms with E-state index >= 15 is 0 Å². The van der Waals surface area contributed by atoms with Crippen LogP contribution in [0.4, 0.5) is 0 Å². The number of nitrogens with zero attached hydrogens (tertiary/aromatic N) is 2. The summed E-state index contributed by atoms with van der Waals surface area (Å²) in [5.41, 5.74) is 6.44. The molecule has 1 unspecified atom stereocenters. The van der Waals surface area contributed by atoms with Crippen molar-refractivity contribution in [3.8, 4) is 0 Å². The molecule has 4 heterocycles. The van der Waals surface area contributed by atoms with Crippen LogP contribution in [0.15, 0.2) is 17.5 Å². The van der Waals surface area contributed by atoms with Crippen molar-refractivity contribution in [2.45, 2.75) is 24.8 Å². The number of rotatable bonds is 5. The quantitative estimate of drug-likeness (QED) is 0.889. The Morgan fingerprint density at radius 1 is 1.47 bits per heavy atom. The van der Waals surface area contributed by atoms with Crippen molar-refractivity contribution < 1.29 is 0 Å². The molecular weight excluding hydrogens is 254 g/mol. The molecule has 3 aliphatic rings. The van der Waals surface area contributed by atoms with Gasteiger partial charge in [-0.15, -0.1) is 11.3 Å². The Balaban J connectivity index is 1.67. The average Bonchev–Trinajstić information content (AvgIpc) is 2.99. The van der Waals surface area contributed by atoms with E-state index in [0.29, 0.717) is 0 Å². The van der Waals surface area contributed by atoms with E-state index in [1.54, 1.807) is 0 Å². The molecule has 1 aromatic rings. The molecule has 4 heteroatoms. The molecule has 0 amide bonds. The number of hydrogen-bond donors (Lipinski definition) is 1. The van der Waals surface area contributed by atoms with Crippen molar-refractivity contribution in [2.75, 3.05) is 39.8 Å². The van der Waals surface area contributed by atoms with Crippen LogP contribution in [0.5, 0.6) is 0 Å². The van der Waals surface area contributed by atoms with Crippen molar-refractivity contribution >= 4 is 11.3 Å². The molecule has 0 radical (unpaired) electrons. The van der Waals surface area contributed by atoms with Gasteiger partial charge in [-0.25, -0.2) is 0 Å². The average molecular weight is 279 g/mol. The zero-order valence-corrected chi connectivity index (χ0v) is 12.7. The first-order chi connectivity index (χ1) is 9.24. The summed E-state index contributed by atoms with van der Waals surface area (Å²) in [6.07, 6.45) is 3.82. The summed E-state index contributed by atoms with van der Waals surface area (Å²) in [4.78, 5) is 6.65. The Labute approximate surface area is 120 Å². The lowest BCUT2D eigenvalue weighted by Crippen LogP contribution is -2.69. The number of fused-ring (bicyclic) bond motifs is 3. The fourth-order valence-electron chi connectivity index (χ4n) is 3.92. The molecule has 19 heavy (non-hydrogen) atoms. The van der Waals surface area contributed by atoms with Gasteiger partial charge in [0.15, 0.2) is 0 Å². The number of hydrogen-bond acceptors (Lipinski definition) is 4. The van der Waals surface area contributed by atoms with E-state index < -0.39 is 0 Å². The highest BCUT2D eigenvalue weighted by molar-refractivity contribution is 7.09. The standard InChI is InChI=1S/C15H25N3S/c1-17(7-6-14-3-2-10-19-14)15(11-16)12-18-8-4-13(15)5-9-18/h2-3,10,13H,4-9,11-12,16H2,1H3. The minimum absolute atomic E-state index is 0.230. The molecular formula is C15H25N3S. The first-order valence-electron chi connectivity index (χ1n) is 7.40. The van der Waals surface area contributed by atoms with Crippen LogP contribution in [0.2, 0.25) is 0 Å². The lowest BCUT2D eigenvalue weighted by Gasteiger charge is -2.57. The number of piperidine rings is 3. The second-order valence-electron chi connectivity index (χ2n) is 6.11. The van der Waals surface area contributed by atoms with Crippen molar-refractivity contribution in [3.05, 3.63) is 22.4 Å². The minimum atomic E-state index is 0.230. The normalized spacial score (nSPS) is 34.1. The van der Waals surface area contributed by atoms with E-state index in [-0.39, 0.29) is 5.54 Å². The Morgan fingerprint density at radius 2 is 2.26 bits per heavy atom. The van der Waals surface area contributed by atoms with E-state index in [4.69, 9.17) is 5.73 Å². The second kappa shape index (κ2) is 5.52. The summed E-state index contributed by atoms with van der Waals surface area (Å²) < 4.78 is 0. The second-order valence-corrected chi connectivity index (χ2v) is 7.14. The van der Waals surface area contributed by atoms with Crippen molar-refractivity contribution in [3.63, 3.8) is 0 Å². The lowest BCUT2D eigenvalue weighted by molar-refractivity contribution is -0.0554. The van der Waals surface area contributed by atoms with Gasteiger partial charge >= 0.3 is 0 Å². The molecule has 106 valence electrons. The third-order valence-corrected chi connectivity index (χ3v) is 6.17. The van der Waals surface area contributed by atoms with Crippen LogP contribution in [0.3, 0.4) is 0 Å². The summed E-state index contributed by atoms with van der Waals surface area (Å²) in [6, 6.07) is 4.39. The highest BCUT2D eigenvalue weighted by Gasteiger charge is 2.47. The molecule has 0 aromatic carbocycles. The van der Waals surface area contributed by atoms with Crippen LogP contribution < -0.4 is 5.73 Å². The molecule has 3 fully saturated rings. The molecule has 3 nitrogen and oxygen atoms in total. The van der Waals surface area contributed by atoms with Gasteiger partial charge in [-0.3, -0.25) is 4.90 Å². The van der Waals surface area contributed by atoms with E-state index in [2.05, 4.69) is 34.4 Å². The fourth-order valence-corrected chi connectivity index (χ4v) is 4.62. The molecule has 3 saturated heterocycles. The van der Waals surface area contributed by atoms with Gasteiger partial charge < -0.3 is 10.6 Å². The van der Waals surface area contributed by atoms with E-state index in [1.807, 2.05) is 11.3 Å². The Morgan fingerprint density at radius 3 is 2.79 bits per heavy atom. The molecule has 3 aliphatic heterocycles. The number of nitrogens with two attached hydrogens (primary N) is 1. The predicted molar refractivity (Wildman–Crippen MR) is 81.6 cm³/mol. The van der Waals surface area contributed by atoms with E-state index in [1.165, 1.54) is 37.4 Å². The SMILES string of the molecule is CN(CCc1cccs1)C1(CN)CN2CCC1CC2. The van der Waals surface area contributed by atoms with Crippen LogP contribution in [0.1, 0.15) is 17.7 Å². The van der Waals surface area contributed by atoms with Crippen molar-refractivity contribution in [2.24, 2.45) is 11.7 Å². The first kappa shape index (κ1) is 13.6. The molecule has 4 rings (SSSR count). The van der Waals surface area contributed by atoms with Crippen LogP contribution >= 0.6 is 11.3 Å². The van der Waals surface area contributed by atoms with Crippen LogP contribution in [0, 0.1) is 5.92 Å². The van der Waals surface area contributed by atoms with E-state index in [9.17, 15) is 0 Å². The summed E-state index contributed by atoms with van der Waals surface area (Å²) >= 11 is 1.87. The molecule has 1 aromatic heterocycles. The van der Waals surface area contributed by atoms with Gasteiger partial charge in [0.1, 0.15) is 0 Å². The highest BCUT2D eigenvalue weighted by atomic mass is 32.1. The van der Waals surface area contributed by atoms with Crippen molar-refractivity contribution in [1.82, 2.24) is 9.80 Å². The lowest BCUT2D eigenvalue weighted by atomic mass is 9.71. The monoisotopic (exact) mass is 279 g/mol. The van der Waals surface area contributed by atoms with Gasteiger partial charge in [0.25, 0.3) is 0 Å². The van der Waals surface area contributed by atoms with Gasteiger partial charge in [-0.05, 0) is 56.8 Å². The Bertz CT molecular complexity index is 398. The smallest absolute Gasteiger partial charge is 0.0484 e. The van der Waals surface area contributed by atoms with Gasteiger partial charge in [0, 0.05) is 30.1 Å². The van der Waals surface area contributed by atoms with Crippen molar-refractivity contribution in [1.29, 1.82) is 0 Å². The third kappa shape index (κ3) is 2.47. The largest absolute Gasteiger partial charge is 0.329 e. The summed E-state index contributed by atoms with van der Waals surface area (Å²) in [5, 5.41) is 2.17. The van der Waals surface area contributed by atoms with Crippen LogP contribution in [0.25, 0.3) is 0 Å². The fraction of sp³-hybridized carbons (Fsp3) is 0.733. The number of thiophene rings is 1. The predicted octanol–water partition coefficient (Wildman–Crippen LogP) is 1.65. The first-order valence-corrected chi connectivity index (χ1v) is 8.28. The maximum Gasteiger partial charge on any atom is 0.0484 e. The molecule has 0 saturated carbocycles. The zero-order chi connectivity index (χ0) is 13.3. The summed E-state index contributed by atoms with van der Waals surface area (Å²) in [5.74, 6) is 0.802. The maximum atomic E-state index is 6.21. The van der Waals surface area contributed by atoms with Gasteiger partial charge in [0.2, 0.25) is 0 Å². The molecule has 0 spiro atoms.